The van der Waals surface area contributed by atoms with Gasteiger partial charge in [0.2, 0.25) is 5.91 Å². The molecular weight excluding hydrogens is 392 g/mol. The van der Waals surface area contributed by atoms with Crippen LogP contribution < -0.4 is 4.74 Å². The first-order valence-corrected chi connectivity index (χ1v) is 10.1. The van der Waals surface area contributed by atoms with Crippen molar-refractivity contribution in [2.24, 2.45) is 0 Å². The fourth-order valence-electron chi connectivity index (χ4n) is 3.67. The van der Waals surface area contributed by atoms with Gasteiger partial charge >= 0.3 is 0 Å². The van der Waals surface area contributed by atoms with Gasteiger partial charge in [0.05, 0.1) is 11.3 Å². The molecule has 0 atom stereocenters. The van der Waals surface area contributed by atoms with Gasteiger partial charge < -0.3 is 19.1 Å². The summed E-state index contributed by atoms with van der Waals surface area (Å²) in [5, 5.41) is 9.63. The van der Waals surface area contributed by atoms with Crippen molar-refractivity contribution in [2.75, 3.05) is 26.2 Å². The maximum Gasteiger partial charge on any atom is 0.272 e. The number of amides is 2. The number of nitrogens with zero attached hydrogens (tertiary/aromatic N) is 4. The zero-order valence-corrected chi connectivity index (χ0v) is 17.2. The lowest BCUT2D eigenvalue weighted by Gasteiger charge is -2.34. The topological polar surface area (TPSA) is 78.6 Å². The summed E-state index contributed by atoms with van der Waals surface area (Å²) in [5.41, 5.74) is 1.26. The highest BCUT2D eigenvalue weighted by Crippen LogP contribution is 2.30. The molecule has 31 heavy (non-hydrogen) atoms. The lowest BCUT2D eigenvalue weighted by atomic mass is 10.2. The Morgan fingerprint density at radius 3 is 2.23 bits per heavy atom. The van der Waals surface area contributed by atoms with Crippen molar-refractivity contribution in [2.45, 2.75) is 6.92 Å². The Balaban J connectivity index is 1.68. The van der Waals surface area contributed by atoms with Crippen LogP contribution in [-0.2, 0) is 4.79 Å². The largest absolute Gasteiger partial charge is 0.455 e. The molecule has 156 valence electrons. The first-order chi connectivity index (χ1) is 15.1. The van der Waals surface area contributed by atoms with E-state index in [1.165, 1.54) is 6.92 Å². The number of hydrogen-bond donors (Lipinski definition) is 0. The molecule has 3 aromatic rings. The number of benzene rings is 2. The van der Waals surface area contributed by atoms with E-state index in [1.807, 2.05) is 54.6 Å². The highest BCUT2D eigenvalue weighted by molar-refractivity contribution is 5.96. The Labute approximate surface area is 180 Å². The fourth-order valence-corrected chi connectivity index (χ4v) is 3.67. The van der Waals surface area contributed by atoms with Gasteiger partial charge in [0.25, 0.3) is 5.91 Å². The van der Waals surface area contributed by atoms with Crippen molar-refractivity contribution in [3.63, 3.8) is 0 Å². The number of rotatable bonds is 4. The van der Waals surface area contributed by atoms with Crippen LogP contribution in [0.3, 0.4) is 0 Å². The van der Waals surface area contributed by atoms with E-state index in [0.717, 1.165) is 0 Å². The van der Waals surface area contributed by atoms with Crippen LogP contribution in [0.4, 0.5) is 0 Å². The number of ether oxygens (including phenoxy) is 1. The van der Waals surface area contributed by atoms with Crippen LogP contribution in [0.2, 0.25) is 0 Å². The van der Waals surface area contributed by atoms with Crippen LogP contribution in [0.25, 0.3) is 5.69 Å². The summed E-state index contributed by atoms with van der Waals surface area (Å²) in [5.74, 6) is 1.01. The lowest BCUT2D eigenvalue weighted by molar-refractivity contribution is -0.130. The molecule has 1 aliphatic heterocycles. The molecule has 0 spiro atoms. The highest BCUT2D eigenvalue weighted by Gasteiger charge is 2.28. The number of nitriles is 1. The first kappa shape index (κ1) is 20.2. The van der Waals surface area contributed by atoms with Crippen molar-refractivity contribution in [1.82, 2.24) is 14.4 Å². The monoisotopic (exact) mass is 414 g/mol. The van der Waals surface area contributed by atoms with Gasteiger partial charge in [0.1, 0.15) is 17.5 Å². The van der Waals surface area contributed by atoms with Crippen LogP contribution in [0.5, 0.6) is 11.5 Å². The number of piperazine rings is 1. The minimum Gasteiger partial charge on any atom is -0.455 e. The molecule has 0 N–H and O–H groups in total. The lowest BCUT2D eigenvalue weighted by Crippen LogP contribution is -2.50. The third-order valence-corrected chi connectivity index (χ3v) is 5.32. The molecule has 0 radical (unpaired) electrons. The molecule has 7 heteroatoms. The predicted molar refractivity (Wildman–Crippen MR) is 115 cm³/mol. The molecule has 2 heterocycles. The van der Waals surface area contributed by atoms with Gasteiger partial charge in [-0.25, -0.2) is 0 Å². The van der Waals surface area contributed by atoms with E-state index in [-0.39, 0.29) is 11.8 Å². The highest BCUT2D eigenvalue weighted by atomic mass is 16.5. The number of carbonyl (C=O) groups is 2. The third-order valence-electron chi connectivity index (χ3n) is 5.32. The molecule has 2 amide bonds. The van der Waals surface area contributed by atoms with E-state index >= 15 is 0 Å². The van der Waals surface area contributed by atoms with Crippen molar-refractivity contribution >= 4 is 11.8 Å². The summed E-state index contributed by atoms with van der Waals surface area (Å²) in [4.78, 5) is 28.4. The smallest absolute Gasteiger partial charge is 0.272 e. The van der Waals surface area contributed by atoms with Gasteiger partial charge in [-0.05, 0) is 30.3 Å². The Morgan fingerprint density at radius 1 is 0.903 bits per heavy atom. The number of hydrogen-bond acceptors (Lipinski definition) is 4. The van der Waals surface area contributed by atoms with Crippen molar-refractivity contribution in [3.8, 4) is 23.3 Å². The van der Waals surface area contributed by atoms with Crippen molar-refractivity contribution in [1.29, 1.82) is 5.26 Å². The van der Waals surface area contributed by atoms with Crippen LogP contribution in [0.15, 0.2) is 66.9 Å². The second kappa shape index (κ2) is 8.76. The van der Waals surface area contributed by atoms with E-state index in [1.54, 1.807) is 26.6 Å². The van der Waals surface area contributed by atoms with E-state index in [2.05, 4.69) is 6.07 Å². The van der Waals surface area contributed by atoms with Gasteiger partial charge in [-0.15, -0.1) is 0 Å². The molecule has 0 saturated carbocycles. The summed E-state index contributed by atoms with van der Waals surface area (Å²) in [7, 11) is 0. The van der Waals surface area contributed by atoms with Gasteiger partial charge in [0, 0.05) is 39.3 Å². The summed E-state index contributed by atoms with van der Waals surface area (Å²) >= 11 is 0. The fraction of sp³-hybridized carbons (Fsp3) is 0.208. The van der Waals surface area contributed by atoms with Crippen LogP contribution >= 0.6 is 0 Å². The minimum absolute atomic E-state index is 0.000163. The van der Waals surface area contributed by atoms with Gasteiger partial charge in [-0.3, -0.25) is 9.59 Å². The molecule has 1 fully saturated rings. The summed E-state index contributed by atoms with van der Waals surface area (Å²) in [6.07, 6.45) is 1.71. The second-order valence-electron chi connectivity index (χ2n) is 7.24. The molecule has 1 saturated heterocycles. The average Bonchev–Trinajstić information content (AvgIpc) is 3.23. The number of carbonyl (C=O) groups excluding carboxylic acids is 2. The quantitative estimate of drug-likeness (QED) is 0.655. The van der Waals surface area contributed by atoms with E-state index in [4.69, 9.17) is 4.74 Å². The molecule has 4 rings (SSSR count). The summed E-state index contributed by atoms with van der Waals surface area (Å²) in [6.45, 7) is 3.35. The molecule has 1 aliphatic rings. The first-order valence-electron chi connectivity index (χ1n) is 10.1. The summed E-state index contributed by atoms with van der Waals surface area (Å²) in [6, 6.07) is 20.6. The Bertz CT molecular complexity index is 1140. The average molecular weight is 414 g/mol. The van der Waals surface area contributed by atoms with E-state index in [9.17, 15) is 14.9 Å². The molecule has 7 nitrogen and oxygen atoms in total. The molecule has 2 aromatic carbocycles. The maximum absolute atomic E-state index is 13.4. The standard InChI is InChI=1S/C24H22N4O3/c1-18(29)26-13-15-27(16-14-26)24(30)23-19(17-25)11-12-28(23)21-9-5-6-10-22(21)31-20-7-3-2-4-8-20/h2-12H,13-16H2,1H3. The predicted octanol–water partition coefficient (Wildman–Crippen LogP) is 3.45. The zero-order valence-electron chi connectivity index (χ0n) is 17.2. The molecule has 0 bridgehead atoms. The Hall–Kier alpha value is -4.05. The van der Waals surface area contributed by atoms with Crippen LogP contribution in [0.1, 0.15) is 23.0 Å². The SMILES string of the molecule is CC(=O)N1CCN(C(=O)c2c(C#N)ccn2-c2ccccc2Oc2ccccc2)CC1. The molecule has 0 unspecified atom stereocenters. The van der Waals surface area contributed by atoms with E-state index in [0.29, 0.717) is 54.6 Å². The Morgan fingerprint density at radius 2 is 1.55 bits per heavy atom. The Kier molecular flexibility index (Phi) is 5.72. The molecule has 1 aromatic heterocycles. The zero-order chi connectivity index (χ0) is 21.8. The second-order valence-corrected chi connectivity index (χ2v) is 7.24. The van der Waals surface area contributed by atoms with Crippen molar-refractivity contribution in [3.05, 3.63) is 78.1 Å². The van der Waals surface area contributed by atoms with E-state index < -0.39 is 0 Å². The van der Waals surface area contributed by atoms with Crippen molar-refractivity contribution < 1.29 is 14.3 Å². The van der Waals surface area contributed by atoms with Crippen LogP contribution in [0, 0.1) is 11.3 Å². The third kappa shape index (κ3) is 4.14. The molecule has 0 aliphatic carbocycles. The van der Waals surface area contributed by atoms with Crippen LogP contribution in [-0.4, -0.2) is 52.4 Å². The molecular formula is C24H22N4O3. The number of aromatic nitrogens is 1. The number of para-hydroxylation sites is 3. The maximum atomic E-state index is 13.4. The summed E-state index contributed by atoms with van der Waals surface area (Å²) < 4.78 is 7.76. The van der Waals surface area contributed by atoms with Gasteiger partial charge in [-0.2, -0.15) is 5.26 Å². The van der Waals surface area contributed by atoms with Gasteiger partial charge in [0.15, 0.2) is 5.75 Å². The van der Waals surface area contributed by atoms with Gasteiger partial charge in [-0.1, -0.05) is 30.3 Å². The minimum atomic E-state index is -0.237. The normalized spacial score (nSPS) is 13.5.